The molecule has 0 amide bonds. The molecule has 0 aliphatic rings. The lowest BCUT2D eigenvalue weighted by atomic mass is 10.1. The Hall–Kier alpha value is -1.35. The topological polar surface area (TPSA) is 35.2 Å². The van der Waals surface area contributed by atoms with E-state index in [2.05, 4.69) is 0 Å². The van der Waals surface area contributed by atoms with Crippen molar-refractivity contribution in [1.29, 1.82) is 0 Å². The summed E-state index contributed by atoms with van der Waals surface area (Å²) in [5.41, 5.74) is 6.89. The van der Waals surface area contributed by atoms with Crippen LogP contribution in [0, 0.1) is 0 Å². The van der Waals surface area contributed by atoms with Crippen LogP contribution in [0.3, 0.4) is 0 Å². The summed E-state index contributed by atoms with van der Waals surface area (Å²) in [6.07, 6.45) is 1.06. The molecule has 1 rings (SSSR count). The number of ether oxygens (including phenoxy) is 1. The van der Waals surface area contributed by atoms with Crippen molar-refractivity contribution in [2.24, 2.45) is 5.73 Å². The minimum absolute atomic E-state index is 0.231. The van der Waals surface area contributed by atoms with E-state index in [9.17, 15) is 4.39 Å². The quantitative estimate of drug-likeness (QED) is 0.798. The average molecular weight is 195 g/mol. The maximum absolute atomic E-state index is 12.3. The standard InChI is InChI=1S/C11H14FNO/c1-14-11-5-3-2-4-10(11)6-9(7-12)8-13/h2-5,7H,6,8,13H2,1H3/b9-7+. The lowest BCUT2D eigenvalue weighted by molar-refractivity contribution is 0.410. The second-order valence-electron chi connectivity index (χ2n) is 2.96. The fourth-order valence-electron chi connectivity index (χ4n) is 1.25. The smallest absolute Gasteiger partial charge is 0.122 e. The Morgan fingerprint density at radius 2 is 2.21 bits per heavy atom. The van der Waals surface area contributed by atoms with E-state index in [4.69, 9.17) is 10.5 Å². The summed E-state index contributed by atoms with van der Waals surface area (Å²) in [4.78, 5) is 0. The van der Waals surface area contributed by atoms with Gasteiger partial charge in [-0.15, -0.1) is 0 Å². The van der Waals surface area contributed by atoms with E-state index >= 15 is 0 Å². The Balaban J connectivity index is 2.85. The summed E-state index contributed by atoms with van der Waals surface area (Å²) >= 11 is 0. The first-order valence-corrected chi connectivity index (χ1v) is 4.42. The molecule has 14 heavy (non-hydrogen) atoms. The van der Waals surface area contributed by atoms with Crippen LogP contribution >= 0.6 is 0 Å². The van der Waals surface area contributed by atoms with E-state index in [-0.39, 0.29) is 6.54 Å². The molecule has 0 aliphatic heterocycles. The summed E-state index contributed by atoms with van der Waals surface area (Å²) in [6, 6.07) is 7.52. The Bertz CT molecular complexity index is 323. The van der Waals surface area contributed by atoms with Crippen molar-refractivity contribution in [1.82, 2.24) is 0 Å². The normalized spacial score (nSPS) is 11.5. The molecule has 1 aromatic carbocycles. The zero-order valence-electron chi connectivity index (χ0n) is 8.16. The second kappa shape index (κ2) is 5.40. The van der Waals surface area contributed by atoms with Gasteiger partial charge in [0.2, 0.25) is 0 Å². The third-order valence-electron chi connectivity index (χ3n) is 2.03. The first kappa shape index (κ1) is 10.7. The minimum atomic E-state index is 0.231. The molecule has 0 spiro atoms. The van der Waals surface area contributed by atoms with E-state index in [0.717, 1.165) is 11.3 Å². The van der Waals surface area contributed by atoms with Crippen LogP contribution in [0.25, 0.3) is 0 Å². The molecule has 0 heterocycles. The molecule has 3 heteroatoms. The van der Waals surface area contributed by atoms with Crippen LogP contribution in [0.1, 0.15) is 5.56 Å². The number of nitrogens with two attached hydrogens (primary N) is 1. The SMILES string of the molecule is COc1ccccc1C/C(=C\F)CN. The van der Waals surface area contributed by atoms with Gasteiger partial charge in [-0.25, -0.2) is 4.39 Å². The zero-order chi connectivity index (χ0) is 10.4. The monoisotopic (exact) mass is 195 g/mol. The van der Waals surface area contributed by atoms with Crippen LogP contribution in [0.4, 0.5) is 4.39 Å². The third kappa shape index (κ3) is 2.57. The van der Waals surface area contributed by atoms with Crippen molar-refractivity contribution in [3.63, 3.8) is 0 Å². The zero-order valence-corrected chi connectivity index (χ0v) is 8.16. The summed E-state index contributed by atoms with van der Waals surface area (Å²) in [5.74, 6) is 0.764. The van der Waals surface area contributed by atoms with Crippen molar-refractivity contribution in [3.05, 3.63) is 41.7 Å². The van der Waals surface area contributed by atoms with Crippen LogP contribution in [-0.2, 0) is 6.42 Å². The Morgan fingerprint density at radius 3 is 2.79 bits per heavy atom. The number of para-hydroxylation sites is 1. The number of methoxy groups -OCH3 is 1. The van der Waals surface area contributed by atoms with E-state index in [1.807, 2.05) is 24.3 Å². The first-order chi connectivity index (χ1) is 6.81. The first-order valence-electron chi connectivity index (χ1n) is 4.42. The molecular weight excluding hydrogens is 181 g/mol. The highest BCUT2D eigenvalue weighted by molar-refractivity contribution is 5.36. The average Bonchev–Trinajstić information content (AvgIpc) is 2.26. The lowest BCUT2D eigenvalue weighted by Crippen LogP contribution is -2.06. The lowest BCUT2D eigenvalue weighted by Gasteiger charge is -2.08. The number of rotatable bonds is 4. The van der Waals surface area contributed by atoms with Crippen molar-refractivity contribution >= 4 is 0 Å². The molecular formula is C11H14FNO. The van der Waals surface area contributed by atoms with Gasteiger partial charge in [-0.3, -0.25) is 0 Å². The van der Waals surface area contributed by atoms with E-state index in [1.54, 1.807) is 7.11 Å². The predicted octanol–water partition coefficient (Wildman–Crippen LogP) is 2.05. The fourth-order valence-corrected chi connectivity index (χ4v) is 1.25. The molecule has 0 saturated heterocycles. The van der Waals surface area contributed by atoms with Gasteiger partial charge in [0.15, 0.2) is 0 Å². The molecule has 0 aliphatic carbocycles. The van der Waals surface area contributed by atoms with Crippen LogP contribution in [-0.4, -0.2) is 13.7 Å². The van der Waals surface area contributed by atoms with Gasteiger partial charge in [0.25, 0.3) is 0 Å². The maximum atomic E-state index is 12.3. The number of halogens is 1. The molecule has 0 aromatic heterocycles. The summed E-state index contributed by atoms with van der Waals surface area (Å²) < 4.78 is 17.4. The van der Waals surface area contributed by atoms with Gasteiger partial charge in [0, 0.05) is 13.0 Å². The number of hydrogen-bond donors (Lipinski definition) is 1. The molecule has 2 N–H and O–H groups in total. The van der Waals surface area contributed by atoms with Crippen LogP contribution < -0.4 is 10.5 Å². The largest absolute Gasteiger partial charge is 0.496 e. The van der Waals surface area contributed by atoms with Gasteiger partial charge in [0.05, 0.1) is 13.4 Å². The Labute approximate surface area is 83.2 Å². The summed E-state index contributed by atoms with van der Waals surface area (Å²) in [7, 11) is 1.60. The molecule has 2 nitrogen and oxygen atoms in total. The molecule has 0 fully saturated rings. The molecule has 0 bridgehead atoms. The van der Waals surface area contributed by atoms with Crippen molar-refractivity contribution in [2.75, 3.05) is 13.7 Å². The second-order valence-corrected chi connectivity index (χ2v) is 2.96. The Kier molecular flexibility index (Phi) is 4.13. The van der Waals surface area contributed by atoms with E-state index in [0.29, 0.717) is 18.3 Å². The van der Waals surface area contributed by atoms with Crippen molar-refractivity contribution in [3.8, 4) is 5.75 Å². The van der Waals surface area contributed by atoms with Gasteiger partial charge in [-0.2, -0.15) is 0 Å². The third-order valence-corrected chi connectivity index (χ3v) is 2.03. The molecule has 0 saturated carbocycles. The molecule has 1 aromatic rings. The Morgan fingerprint density at radius 1 is 1.50 bits per heavy atom. The fraction of sp³-hybridized carbons (Fsp3) is 0.273. The van der Waals surface area contributed by atoms with Gasteiger partial charge in [-0.05, 0) is 17.2 Å². The molecule has 0 atom stereocenters. The highest BCUT2D eigenvalue weighted by Gasteiger charge is 2.03. The minimum Gasteiger partial charge on any atom is -0.496 e. The van der Waals surface area contributed by atoms with Crippen molar-refractivity contribution in [2.45, 2.75) is 6.42 Å². The molecule has 0 radical (unpaired) electrons. The summed E-state index contributed by atoms with van der Waals surface area (Å²) in [6.45, 7) is 0.231. The molecule has 76 valence electrons. The number of benzene rings is 1. The predicted molar refractivity (Wildman–Crippen MR) is 54.9 cm³/mol. The summed E-state index contributed by atoms with van der Waals surface area (Å²) in [5, 5.41) is 0. The van der Waals surface area contributed by atoms with Gasteiger partial charge >= 0.3 is 0 Å². The number of hydrogen-bond acceptors (Lipinski definition) is 2. The van der Waals surface area contributed by atoms with E-state index in [1.165, 1.54) is 0 Å². The van der Waals surface area contributed by atoms with E-state index < -0.39 is 0 Å². The highest BCUT2D eigenvalue weighted by atomic mass is 19.1. The van der Waals surface area contributed by atoms with Crippen LogP contribution in [0.15, 0.2) is 36.2 Å². The van der Waals surface area contributed by atoms with Gasteiger partial charge in [0.1, 0.15) is 5.75 Å². The van der Waals surface area contributed by atoms with Crippen molar-refractivity contribution < 1.29 is 9.13 Å². The molecule has 0 unspecified atom stereocenters. The van der Waals surface area contributed by atoms with Crippen LogP contribution in [0.5, 0.6) is 5.75 Å². The maximum Gasteiger partial charge on any atom is 0.122 e. The van der Waals surface area contributed by atoms with Gasteiger partial charge < -0.3 is 10.5 Å². The highest BCUT2D eigenvalue weighted by Crippen LogP contribution is 2.20. The van der Waals surface area contributed by atoms with Crippen LogP contribution in [0.2, 0.25) is 0 Å². The van der Waals surface area contributed by atoms with Gasteiger partial charge in [-0.1, -0.05) is 18.2 Å².